The van der Waals surface area contributed by atoms with Gasteiger partial charge in [-0.05, 0) is 60.5 Å². The van der Waals surface area contributed by atoms with E-state index in [0.29, 0.717) is 33.9 Å². The lowest BCUT2D eigenvalue weighted by atomic mass is 9.94. The number of carbonyl (C=O) groups excluding carboxylic acids is 3. The molecule has 0 aromatic heterocycles. The summed E-state index contributed by atoms with van der Waals surface area (Å²) in [5, 5.41) is 1.56. The van der Waals surface area contributed by atoms with Crippen LogP contribution in [0.15, 0.2) is 72.8 Å². The minimum Gasteiger partial charge on any atom is -0.423 e. The van der Waals surface area contributed by atoms with Crippen LogP contribution in [-0.2, 0) is 4.79 Å². The first-order chi connectivity index (χ1) is 15.1. The van der Waals surface area contributed by atoms with Gasteiger partial charge in [0.2, 0.25) is 0 Å². The molecule has 0 N–H and O–H groups in total. The molecule has 2 aliphatic rings. The van der Waals surface area contributed by atoms with Gasteiger partial charge in [0.1, 0.15) is 5.75 Å². The summed E-state index contributed by atoms with van der Waals surface area (Å²) in [5.41, 5.74) is 1.43. The van der Waals surface area contributed by atoms with Gasteiger partial charge in [-0.2, -0.15) is 0 Å². The fourth-order valence-corrected chi connectivity index (χ4v) is 4.44. The largest absolute Gasteiger partial charge is 0.423 e. The Morgan fingerprint density at radius 2 is 1.48 bits per heavy atom. The van der Waals surface area contributed by atoms with Gasteiger partial charge < -0.3 is 4.74 Å². The molecule has 0 unspecified atom stereocenters. The maximum atomic E-state index is 13.1. The first kappa shape index (κ1) is 19.2. The normalized spacial score (nSPS) is 16.5. The van der Waals surface area contributed by atoms with Crippen molar-refractivity contribution in [1.29, 1.82) is 0 Å². The highest BCUT2D eigenvalue weighted by molar-refractivity contribution is 6.35. The number of benzene rings is 3. The maximum Gasteiger partial charge on any atom is 0.335 e. The van der Waals surface area contributed by atoms with E-state index in [9.17, 15) is 14.4 Å². The predicted molar refractivity (Wildman–Crippen MR) is 118 cm³/mol. The Labute approximate surface area is 179 Å². The molecule has 0 bridgehead atoms. The van der Waals surface area contributed by atoms with Gasteiger partial charge in [0, 0.05) is 22.6 Å². The lowest BCUT2D eigenvalue weighted by molar-refractivity contribution is -0.129. The second-order valence-corrected chi connectivity index (χ2v) is 7.97. The number of hydrogen-bond donors (Lipinski definition) is 0. The van der Waals surface area contributed by atoms with E-state index in [2.05, 4.69) is 0 Å². The van der Waals surface area contributed by atoms with Crippen molar-refractivity contribution >= 4 is 34.2 Å². The number of esters is 1. The molecule has 1 aliphatic carbocycles. The van der Waals surface area contributed by atoms with Crippen molar-refractivity contribution in [3.05, 3.63) is 83.9 Å². The van der Waals surface area contributed by atoms with E-state index in [-0.39, 0.29) is 11.8 Å². The fraction of sp³-hybridized carbons (Fsp3) is 0.192. The highest BCUT2D eigenvalue weighted by atomic mass is 16.5. The number of amides is 2. The summed E-state index contributed by atoms with van der Waals surface area (Å²) in [6.45, 7) is 0. The van der Waals surface area contributed by atoms with Crippen molar-refractivity contribution in [1.82, 2.24) is 0 Å². The number of rotatable bonds is 4. The topological polar surface area (TPSA) is 63.7 Å². The van der Waals surface area contributed by atoms with Crippen LogP contribution >= 0.6 is 0 Å². The summed E-state index contributed by atoms with van der Waals surface area (Å²) < 4.78 is 5.36. The summed E-state index contributed by atoms with van der Waals surface area (Å²) >= 11 is 0. The Morgan fingerprint density at radius 3 is 2.10 bits per heavy atom. The molecule has 0 spiro atoms. The van der Waals surface area contributed by atoms with E-state index in [0.717, 1.165) is 18.2 Å². The van der Waals surface area contributed by atoms with Crippen LogP contribution in [0.25, 0.3) is 10.8 Å². The van der Waals surface area contributed by atoms with Gasteiger partial charge >= 0.3 is 5.97 Å². The van der Waals surface area contributed by atoms with Crippen LogP contribution in [0.5, 0.6) is 5.75 Å². The maximum absolute atomic E-state index is 13.1. The lowest BCUT2D eigenvalue weighted by Gasteiger charge is -2.27. The third-order valence-electron chi connectivity index (χ3n) is 5.99. The summed E-state index contributed by atoms with van der Waals surface area (Å²) in [6.07, 6.45) is 8.06. The van der Waals surface area contributed by atoms with Gasteiger partial charge in [-0.25, -0.2) is 9.69 Å². The van der Waals surface area contributed by atoms with Crippen LogP contribution in [0.4, 0.5) is 5.69 Å². The predicted octanol–water partition coefficient (Wildman–Crippen LogP) is 5.29. The van der Waals surface area contributed by atoms with Crippen LogP contribution in [0.2, 0.25) is 0 Å². The zero-order chi connectivity index (χ0) is 21.4. The smallest absolute Gasteiger partial charge is 0.335 e. The van der Waals surface area contributed by atoms with Crippen LogP contribution < -0.4 is 9.64 Å². The Morgan fingerprint density at radius 1 is 0.871 bits per heavy atom. The molecule has 1 heterocycles. The molecule has 5 heteroatoms. The fourth-order valence-electron chi connectivity index (χ4n) is 4.44. The van der Waals surface area contributed by atoms with Crippen molar-refractivity contribution in [3.63, 3.8) is 0 Å². The average molecular weight is 411 g/mol. The molecule has 154 valence electrons. The van der Waals surface area contributed by atoms with E-state index in [1.54, 1.807) is 36.4 Å². The van der Waals surface area contributed by atoms with Crippen molar-refractivity contribution in [2.45, 2.75) is 25.7 Å². The molecule has 0 radical (unpaired) electrons. The molecule has 3 aromatic rings. The Balaban J connectivity index is 1.37. The molecule has 5 nitrogen and oxygen atoms in total. The molecule has 31 heavy (non-hydrogen) atoms. The Hall–Kier alpha value is -3.73. The van der Waals surface area contributed by atoms with Gasteiger partial charge in [-0.1, -0.05) is 43.2 Å². The summed E-state index contributed by atoms with van der Waals surface area (Å²) in [5.74, 6) is -0.329. The van der Waals surface area contributed by atoms with Gasteiger partial charge in [0.15, 0.2) is 0 Å². The summed E-state index contributed by atoms with van der Waals surface area (Å²) in [7, 11) is 0. The molecule has 0 atom stereocenters. The van der Waals surface area contributed by atoms with E-state index in [4.69, 9.17) is 4.74 Å². The van der Waals surface area contributed by atoms with Gasteiger partial charge in [0.05, 0.1) is 5.69 Å². The molecule has 1 fully saturated rings. The number of nitrogens with zero attached hydrogens (tertiary/aromatic N) is 1. The van der Waals surface area contributed by atoms with E-state index in [1.165, 1.54) is 23.8 Å². The van der Waals surface area contributed by atoms with Gasteiger partial charge in [-0.15, -0.1) is 0 Å². The number of anilines is 1. The van der Waals surface area contributed by atoms with Crippen molar-refractivity contribution in [2.75, 3.05) is 4.90 Å². The summed E-state index contributed by atoms with van der Waals surface area (Å²) in [6, 6.07) is 17.3. The van der Waals surface area contributed by atoms with E-state index >= 15 is 0 Å². The SMILES string of the molecule is O=C(C=CC1CCCC1)Oc1ccc(N2C(=O)c3cccc4cccc(c34)C2=O)cc1. The second kappa shape index (κ2) is 7.84. The van der Waals surface area contributed by atoms with Crippen LogP contribution in [0, 0.1) is 5.92 Å². The van der Waals surface area contributed by atoms with Crippen LogP contribution in [-0.4, -0.2) is 17.8 Å². The Kier molecular flexibility index (Phi) is 4.86. The molecule has 0 saturated heterocycles. The zero-order valence-corrected chi connectivity index (χ0v) is 16.9. The highest BCUT2D eigenvalue weighted by Gasteiger charge is 2.33. The van der Waals surface area contributed by atoms with Crippen molar-refractivity contribution in [2.24, 2.45) is 5.92 Å². The third-order valence-corrected chi connectivity index (χ3v) is 5.99. The molecular formula is C26H21NO4. The standard InChI is InChI=1S/C26H21NO4/c28-23(16-11-17-5-1-2-6-17)31-20-14-12-19(13-15-20)27-25(29)21-9-3-7-18-8-4-10-22(24(18)21)26(27)30/h3-4,7-17H,1-2,5-6H2. The molecule has 1 aliphatic heterocycles. The summed E-state index contributed by atoms with van der Waals surface area (Å²) in [4.78, 5) is 39.4. The number of allylic oxidation sites excluding steroid dienone is 1. The van der Waals surface area contributed by atoms with Crippen LogP contribution in [0.3, 0.4) is 0 Å². The first-order valence-corrected chi connectivity index (χ1v) is 10.5. The molecule has 1 saturated carbocycles. The minimum absolute atomic E-state index is 0.362. The van der Waals surface area contributed by atoms with E-state index in [1.807, 2.05) is 30.3 Å². The highest BCUT2D eigenvalue weighted by Crippen LogP contribution is 2.33. The zero-order valence-electron chi connectivity index (χ0n) is 16.9. The third kappa shape index (κ3) is 3.52. The number of ether oxygens (including phenoxy) is 1. The number of hydrogen-bond acceptors (Lipinski definition) is 4. The lowest BCUT2D eigenvalue weighted by Crippen LogP contribution is -2.40. The Bertz CT molecular complexity index is 1170. The number of imide groups is 1. The molecular weight excluding hydrogens is 390 g/mol. The second-order valence-electron chi connectivity index (χ2n) is 7.97. The van der Waals surface area contributed by atoms with Crippen LogP contribution in [0.1, 0.15) is 46.4 Å². The van der Waals surface area contributed by atoms with Crippen molar-refractivity contribution in [3.8, 4) is 5.75 Å². The van der Waals surface area contributed by atoms with E-state index < -0.39 is 5.97 Å². The molecule has 5 rings (SSSR count). The van der Waals surface area contributed by atoms with Gasteiger partial charge in [0.25, 0.3) is 11.8 Å². The average Bonchev–Trinajstić information content (AvgIpc) is 3.31. The molecule has 2 amide bonds. The van der Waals surface area contributed by atoms with Crippen molar-refractivity contribution < 1.29 is 19.1 Å². The number of carbonyl (C=O) groups is 3. The van der Waals surface area contributed by atoms with Gasteiger partial charge in [-0.3, -0.25) is 9.59 Å². The first-order valence-electron chi connectivity index (χ1n) is 10.5. The molecule has 3 aromatic carbocycles. The monoisotopic (exact) mass is 411 g/mol. The minimum atomic E-state index is -0.426. The quantitative estimate of drug-likeness (QED) is 0.253.